The van der Waals surface area contributed by atoms with Crippen molar-refractivity contribution in [1.82, 2.24) is 4.98 Å². The van der Waals surface area contributed by atoms with E-state index in [2.05, 4.69) is 4.98 Å². The fraction of sp³-hybridized carbons (Fsp3) is 0.0625. The standard InChI is InChI=1S/C16H13NO3S2/c1-20-13-7-9-14(10-8-13)22(18,19)16-15(21-11-17-16)12-5-3-2-4-6-12/h2-11H,1H3. The minimum Gasteiger partial charge on any atom is -0.497 e. The fourth-order valence-electron chi connectivity index (χ4n) is 2.07. The zero-order valence-electron chi connectivity index (χ0n) is 11.8. The van der Waals surface area contributed by atoms with E-state index in [1.165, 1.54) is 30.6 Å². The molecular formula is C16H13NO3S2. The minimum atomic E-state index is -3.66. The number of thiazole rings is 1. The third-order valence-electron chi connectivity index (χ3n) is 3.20. The van der Waals surface area contributed by atoms with Crippen molar-refractivity contribution < 1.29 is 13.2 Å². The smallest absolute Gasteiger partial charge is 0.225 e. The summed E-state index contributed by atoms with van der Waals surface area (Å²) in [7, 11) is -2.12. The monoisotopic (exact) mass is 331 g/mol. The lowest BCUT2D eigenvalue weighted by Gasteiger charge is -2.06. The van der Waals surface area contributed by atoms with E-state index in [0.29, 0.717) is 10.6 Å². The molecule has 4 nitrogen and oxygen atoms in total. The number of benzene rings is 2. The van der Waals surface area contributed by atoms with Crippen LogP contribution in [-0.4, -0.2) is 20.5 Å². The second-order valence-electron chi connectivity index (χ2n) is 4.53. The van der Waals surface area contributed by atoms with Crippen molar-refractivity contribution in [2.75, 3.05) is 7.11 Å². The molecule has 0 amide bonds. The highest BCUT2D eigenvalue weighted by molar-refractivity contribution is 7.91. The quantitative estimate of drug-likeness (QED) is 0.732. The summed E-state index contributed by atoms with van der Waals surface area (Å²) in [5.41, 5.74) is 2.40. The molecule has 3 rings (SSSR count). The molecule has 1 heterocycles. The molecule has 0 aliphatic rings. The molecule has 0 bridgehead atoms. The van der Waals surface area contributed by atoms with Crippen molar-refractivity contribution in [3.8, 4) is 16.2 Å². The van der Waals surface area contributed by atoms with Crippen molar-refractivity contribution in [3.63, 3.8) is 0 Å². The number of hydrogen-bond donors (Lipinski definition) is 0. The Morgan fingerprint density at radius 1 is 1.00 bits per heavy atom. The average Bonchev–Trinajstić information content (AvgIpc) is 3.06. The predicted octanol–water partition coefficient (Wildman–Crippen LogP) is 3.65. The van der Waals surface area contributed by atoms with Gasteiger partial charge in [-0.3, -0.25) is 0 Å². The Morgan fingerprint density at radius 2 is 1.68 bits per heavy atom. The summed E-state index contributed by atoms with van der Waals surface area (Å²) in [6.45, 7) is 0. The lowest BCUT2D eigenvalue weighted by Crippen LogP contribution is -2.03. The van der Waals surface area contributed by atoms with Crippen LogP contribution in [0.1, 0.15) is 0 Å². The molecule has 0 aliphatic heterocycles. The third-order valence-corrected chi connectivity index (χ3v) is 5.91. The number of nitrogens with zero attached hydrogens (tertiary/aromatic N) is 1. The summed E-state index contributed by atoms with van der Waals surface area (Å²) in [4.78, 5) is 4.94. The maximum Gasteiger partial charge on any atom is 0.225 e. The normalized spacial score (nSPS) is 11.3. The molecule has 0 aliphatic carbocycles. The Morgan fingerprint density at radius 3 is 2.32 bits per heavy atom. The maximum absolute atomic E-state index is 12.8. The molecule has 2 aromatic carbocycles. The Hall–Kier alpha value is -2.18. The second-order valence-corrected chi connectivity index (χ2v) is 7.25. The summed E-state index contributed by atoms with van der Waals surface area (Å²) < 4.78 is 30.6. The summed E-state index contributed by atoms with van der Waals surface area (Å²) in [5, 5.41) is 0.0915. The summed E-state index contributed by atoms with van der Waals surface area (Å²) in [5.74, 6) is 0.612. The van der Waals surface area contributed by atoms with Gasteiger partial charge in [-0.25, -0.2) is 13.4 Å². The first kappa shape index (κ1) is 14.7. The first-order valence-electron chi connectivity index (χ1n) is 6.51. The van der Waals surface area contributed by atoms with E-state index in [9.17, 15) is 8.42 Å². The topological polar surface area (TPSA) is 56.3 Å². The van der Waals surface area contributed by atoms with Gasteiger partial charge in [0, 0.05) is 0 Å². The van der Waals surface area contributed by atoms with E-state index >= 15 is 0 Å². The molecule has 0 N–H and O–H groups in total. The molecule has 22 heavy (non-hydrogen) atoms. The largest absolute Gasteiger partial charge is 0.497 e. The maximum atomic E-state index is 12.8. The minimum absolute atomic E-state index is 0.0915. The van der Waals surface area contributed by atoms with E-state index in [0.717, 1.165) is 5.56 Å². The van der Waals surface area contributed by atoms with E-state index in [1.54, 1.807) is 17.6 Å². The Kier molecular flexibility index (Phi) is 3.96. The highest BCUT2D eigenvalue weighted by atomic mass is 32.2. The Bertz CT molecular complexity index is 869. The zero-order chi connectivity index (χ0) is 15.6. The van der Waals surface area contributed by atoms with Crippen LogP contribution >= 0.6 is 11.3 Å². The van der Waals surface area contributed by atoms with Gasteiger partial charge in [-0.15, -0.1) is 11.3 Å². The van der Waals surface area contributed by atoms with Crippen LogP contribution in [0.4, 0.5) is 0 Å². The zero-order valence-corrected chi connectivity index (χ0v) is 13.4. The number of ether oxygens (including phenoxy) is 1. The molecule has 0 unspecified atom stereocenters. The van der Waals surface area contributed by atoms with Crippen molar-refractivity contribution in [2.24, 2.45) is 0 Å². The first-order valence-corrected chi connectivity index (χ1v) is 8.87. The molecular weight excluding hydrogens is 318 g/mol. The van der Waals surface area contributed by atoms with Crippen LogP contribution in [0.15, 0.2) is 70.0 Å². The van der Waals surface area contributed by atoms with Crippen LogP contribution in [0.5, 0.6) is 5.75 Å². The van der Waals surface area contributed by atoms with E-state index in [4.69, 9.17) is 4.74 Å². The van der Waals surface area contributed by atoms with Gasteiger partial charge in [-0.1, -0.05) is 30.3 Å². The number of hydrogen-bond acceptors (Lipinski definition) is 5. The van der Waals surface area contributed by atoms with Crippen molar-refractivity contribution in [2.45, 2.75) is 9.92 Å². The molecule has 0 radical (unpaired) electrons. The Labute approximate surface area is 133 Å². The second kappa shape index (κ2) is 5.90. The number of aromatic nitrogens is 1. The SMILES string of the molecule is COc1ccc(S(=O)(=O)c2ncsc2-c2ccccc2)cc1. The molecule has 0 spiro atoms. The average molecular weight is 331 g/mol. The van der Waals surface area contributed by atoms with Gasteiger partial charge in [0.1, 0.15) is 5.75 Å². The highest BCUT2D eigenvalue weighted by Crippen LogP contribution is 2.34. The van der Waals surface area contributed by atoms with Crippen LogP contribution in [0, 0.1) is 0 Å². The van der Waals surface area contributed by atoms with Gasteiger partial charge in [-0.05, 0) is 29.8 Å². The third kappa shape index (κ3) is 2.63. The number of methoxy groups -OCH3 is 1. The molecule has 0 saturated carbocycles. The van der Waals surface area contributed by atoms with Gasteiger partial charge in [-0.2, -0.15) is 0 Å². The summed E-state index contributed by atoms with van der Waals surface area (Å²) in [6.07, 6.45) is 0. The van der Waals surface area contributed by atoms with Crippen LogP contribution in [-0.2, 0) is 9.84 Å². The van der Waals surface area contributed by atoms with E-state index < -0.39 is 9.84 Å². The van der Waals surface area contributed by atoms with Crippen LogP contribution in [0.3, 0.4) is 0 Å². The van der Waals surface area contributed by atoms with Crippen molar-refractivity contribution in [1.29, 1.82) is 0 Å². The van der Waals surface area contributed by atoms with Gasteiger partial charge in [0.15, 0.2) is 5.03 Å². The molecule has 0 saturated heterocycles. The molecule has 0 atom stereocenters. The van der Waals surface area contributed by atoms with E-state index in [-0.39, 0.29) is 9.92 Å². The van der Waals surface area contributed by atoms with Gasteiger partial charge in [0.2, 0.25) is 9.84 Å². The molecule has 112 valence electrons. The van der Waals surface area contributed by atoms with Crippen LogP contribution < -0.4 is 4.74 Å². The van der Waals surface area contributed by atoms with Crippen LogP contribution in [0.25, 0.3) is 10.4 Å². The van der Waals surface area contributed by atoms with Gasteiger partial charge in [0.05, 0.1) is 22.4 Å². The highest BCUT2D eigenvalue weighted by Gasteiger charge is 2.25. The summed E-state index contributed by atoms with van der Waals surface area (Å²) in [6, 6.07) is 15.7. The van der Waals surface area contributed by atoms with Crippen LogP contribution in [0.2, 0.25) is 0 Å². The lowest BCUT2D eigenvalue weighted by molar-refractivity contribution is 0.414. The molecule has 6 heteroatoms. The van der Waals surface area contributed by atoms with Gasteiger partial charge >= 0.3 is 0 Å². The van der Waals surface area contributed by atoms with Crippen molar-refractivity contribution in [3.05, 3.63) is 60.1 Å². The molecule has 3 aromatic rings. The lowest BCUT2D eigenvalue weighted by atomic mass is 10.2. The van der Waals surface area contributed by atoms with Gasteiger partial charge in [0.25, 0.3) is 0 Å². The molecule has 0 fully saturated rings. The fourth-order valence-corrected chi connectivity index (χ4v) is 4.58. The predicted molar refractivity (Wildman–Crippen MR) is 86.0 cm³/mol. The number of rotatable bonds is 4. The molecule has 1 aromatic heterocycles. The first-order chi connectivity index (χ1) is 10.6. The van der Waals surface area contributed by atoms with Crippen molar-refractivity contribution >= 4 is 21.2 Å². The summed E-state index contributed by atoms with van der Waals surface area (Å²) >= 11 is 1.32. The number of sulfone groups is 1. The van der Waals surface area contributed by atoms with E-state index in [1.807, 2.05) is 30.3 Å². The Balaban J connectivity index is 2.09. The van der Waals surface area contributed by atoms with Gasteiger partial charge < -0.3 is 4.74 Å².